The molecule has 1 heterocycles. The van der Waals surface area contributed by atoms with E-state index in [1.807, 2.05) is 42.5 Å². The molecule has 0 saturated heterocycles. The highest BCUT2D eigenvalue weighted by molar-refractivity contribution is 5.25. The molecule has 19 heavy (non-hydrogen) atoms. The minimum atomic E-state index is -0.529. The Hall–Kier alpha value is -2.22. The van der Waals surface area contributed by atoms with E-state index in [-0.39, 0.29) is 0 Å². The largest absolute Gasteiger partial charge is 0.387 e. The van der Waals surface area contributed by atoms with Crippen molar-refractivity contribution in [3.63, 3.8) is 0 Å². The Labute approximate surface area is 112 Å². The maximum atomic E-state index is 9.97. The van der Waals surface area contributed by atoms with Crippen molar-refractivity contribution >= 4 is 0 Å². The van der Waals surface area contributed by atoms with Gasteiger partial charge >= 0.3 is 0 Å². The van der Waals surface area contributed by atoms with Gasteiger partial charge in [0.25, 0.3) is 0 Å². The number of nitrogens with one attached hydrogen (secondary N) is 1. The van der Waals surface area contributed by atoms with Crippen LogP contribution in [0.15, 0.2) is 48.7 Å². The van der Waals surface area contributed by atoms with Gasteiger partial charge in [-0.05, 0) is 23.3 Å². The van der Waals surface area contributed by atoms with Gasteiger partial charge in [0, 0.05) is 19.3 Å². The standard InChI is InChI=1S/C15H15N3O/c16-9-14-8-12(6-7-18-14)10-17-11-15(19)13-4-2-1-3-5-13/h1-8,15,17,19H,10-11H2. The average Bonchev–Trinajstić information content (AvgIpc) is 2.48. The van der Waals surface area contributed by atoms with Crippen LogP contribution in [-0.2, 0) is 6.54 Å². The summed E-state index contributed by atoms with van der Waals surface area (Å²) in [5.41, 5.74) is 2.28. The fourth-order valence-corrected chi connectivity index (χ4v) is 1.79. The predicted molar refractivity (Wildman–Crippen MR) is 72.1 cm³/mol. The zero-order chi connectivity index (χ0) is 13.5. The summed E-state index contributed by atoms with van der Waals surface area (Å²) in [7, 11) is 0. The first kappa shape index (κ1) is 13.2. The number of aromatic nitrogens is 1. The highest BCUT2D eigenvalue weighted by Gasteiger charge is 2.05. The van der Waals surface area contributed by atoms with Crippen LogP contribution in [0.5, 0.6) is 0 Å². The molecule has 4 heteroatoms. The molecule has 0 aliphatic rings. The van der Waals surface area contributed by atoms with Crippen molar-refractivity contribution in [1.82, 2.24) is 10.3 Å². The number of hydrogen-bond acceptors (Lipinski definition) is 4. The molecule has 1 atom stereocenters. The number of nitriles is 1. The van der Waals surface area contributed by atoms with Crippen molar-refractivity contribution in [2.75, 3.05) is 6.54 Å². The Bertz CT molecular complexity index is 563. The lowest BCUT2D eigenvalue weighted by atomic mass is 10.1. The minimum absolute atomic E-state index is 0.405. The van der Waals surface area contributed by atoms with Crippen molar-refractivity contribution in [1.29, 1.82) is 5.26 Å². The molecule has 0 bridgehead atoms. The number of pyridine rings is 1. The predicted octanol–water partition coefficient (Wildman–Crippen LogP) is 1.78. The van der Waals surface area contributed by atoms with Crippen LogP contribution in [0.25, 0.3) is 0 Å². The summed E-state index contributed by atoms with van der Waals surface area (Å²) in [6, 6.07) is 15.1. The molecule has 0 saturated carbocycles. The fourth-order valence-electron chi connectivity index (χ4n) is 1.79. The first-order chi connectivity index (χ1) is 9.29. The molecule has 0 spiro atoms. The van der Waals surface area contributed by atoms with Gasteiger partial charge in [-0.15, -0.1) is 0 Å². The van der Waals surface area contributed by atoms with Gasteiger partial charge < -0.3 is 10.4 Å². The van der Waals surface area contributed by atoms with Gasteiger partial charge in [0.05, 0.1) is 6.10 Å². The molecule has 0 radical (unpaired) electrons. The maximum Gasteiger partial charge on any atom is 0.140 e. The molecular weight excluding hydrogens is 238 g/mol. The van der Waals surface area contributed by atoms with Crippen LogP contribution in [0.4, 0.5) is 0 Å². The second-order valence-electron chi connectivity index (χ2n) is 4.22. The summed E-state index contributed by atoms with van der Waals surface area (Å²) in [6.07, 6.45) is 1.09. The minimum Gasteiger partial charge on any atom is -0.387 e. The number of rotatable bonds is 5. The smallest absolute Gasteiger partial charge is 0.140 e. The second kappa shape index (κ2) is 6.64. The van der Waals surface area contributed by atoms with Crippen LogP contribution >= 0.6 is 0 Å². The van der Waals surface area contributed by atoms with Crippen LogP contribution in [0, 0.1) is 11.3 Å². The van der Waals surface area contributed by atoms with Crippen LogP contribution in [-0.4, -0.2) is 16.6 Å². The topological polar surface area (TPSA) is 68.9 Å². The summed E-state index contributed by atoms with van der Waals surface area (Å²) < 4.78 is 0. The third-order valence-corrected chi connectivity index (χ3v) is 2.79. The van der Waals surface area contributed by atoms with Gasteiger partial charge in [-0.25, -0.2) is 4.98 Å². The van der Waals surface area contributed by atoms with E-state index >= 15 is 0 Å². The van der Waals surface area contributed by atoms with Gasteiger partial charge in [-0.1, -0.05) is 30.3 Å². The average molecular weight is 253 g/mol. The van der Waals surface area contributed by atoms with E-state index in [0.717, 1.165) is 11.1 Å². The van der Waals surface area contributed by atoms with E-state index in [1.54, 1.807) is 12.3 Å². The lowest BCUT2D eigenvalue weighted by molar-refractivity contribution is 0.174. The molecule has 2 aromatic rings. The van der Waals surface area contributed by atoms with Crippen LogP contribution in [0.3, 0.4) is 0 Å². The summed E-state index contributed by atoms with van der Waals surface area (Å²) in [5.74, 6) is 0. The Morgan fingerprint density at radius 1 is 1.26 bits per heavy atom. The highest BCUT2D eigenvalue weighted by Crippen LogP contribution is 2.10. The van der Waals surface area contributed by atoms with E-state index < -0.39 is 6.10 Å². The van der Waals surface area contributed by atoms with E-state index in [9.17, 15) is 5.11 Å². The van der Waals surface area contributed by atoms with Gasteiger partial charge in [0.1, 0.15) is 11.8 Å². The van der Waals surface area contributed by atoms with Crippen LogP contribution in [0.2, 0.25) is 0 Å². The molecule has 4 nitrogen and oxygen atoms in total. The third-order valence-electron chi connectivity index (χ3n) is 2.79. The van der Waals surface area contributed by atoms with Crippen LogP contribution < -0.4 is 5.32 Å². The number of aliphatic hydroxyl groups is 1. The van der Waals surface area contributed by atoms with Gasteiger partial charge in [0.15, 0.2) is 0 Å². The number of nitrogens with zero attached hydrogens (tertiary/aromatic N) is 2. The van der Waals surface area contributed by atoms with Crippen molar-refractivity contribution in [2.24, 2.45) is 0 Å². The molecule has 2 N–H and O–H groups in total. The maximum absolute atomic E-state index is 9.97. The summed E-state index contributed by atoms with van der Waals surface area (Å²) in [6.45, 7) is 1.06. The van der Waals surface area contributed by atoms with E-state index in [2.05, 4.69) is 10.3 Å². The molecule has 1 aromatic heterocycles. The van der Waals surface area contributed by atoms with Gasteiger partial charge in [0.2, 0.25) is 0 Å². The SMILES string of the molecule is N#Cc1cc(CNCC(O)c2ccccc2)ccn1. The van der Waals surface area contributed by atoms with E-state index in [1.165, 1.54) is 0 Å². The fraction of sp³-hybridized carbons (Fsp3) is 0.200. The monoisotopic (exact) mass is 253 g/mol. The first-order valence-corrected chi connectivity index (χ1v) is 6.08. The number of benzene rings is 1. The Morgan fingerprint density at radius 3 is 2.79 bits per heavy atom. The zero-order valence-electron chi connectivity index (χ0n) is 10.5. The molecule has 2 rings (SSSR count). The lowest BCUT2D eigenvalue weighted by Gasteiger charge is -2.12. The van der Waals surface area contributed by atoms with Crippen molar-refractivity contribution in [2.45, 2.75) is 12.6 Å². The van der Waals surface area contributed by atoms with Gasteiger partial charge in [-0.3, -0.25) is 0 Å². The molecule has 1 aromatic carbocycles. The molecule has 0 aliphatic carbocycles. The normalized spacial score (nSPS) is 11.8. The van der Waals surface area contributed by atoms with Crippen molar-refractivity contribution in [3.05, 3.63) is 65.5 Å². The van der Waals surface area contributed by atoms with Crippen LogP contribution in [0.1, 0.15) is 22.9 Å². The highest BCUT2D eigenvalue weighted by atomic mass is 16.3. The van der Waals surface area contributed by atoms with E-state index in [0.29, 0.717) is 18.8 Å². The quantitative estimate of drug-likeness (QED) is 0.852. The molecular formula is C15H15N3O. The summed E-state index contributed by atoms with van der Waals surface area (Å²) in [5, 5.41) is 21.9. The number of hydrogen-bond donors (Lipinski definition) is 2. The van der Waals surface area contributed by atoms with E-state index in [4.69, 9.17) is 5.26 Å². The lowest BCUT2D eigenvalue weighted by Crippen LogP contribution is -2.21. The molecule has 96 valence electrons. The van der Waals surface area contributed by atoms with Crippen molar-refractivity contribution < 1.29 is 5.11 Å². The molecule has 1 unspecified atom stereocenters. The zero-order valence-corrected chi connectivity index (χ0v) is 10.5. The molecule has 0 amide bonds. The Balaban J connectivity index is 1.85. The summed E-state index contributed by atoms with van der Waals surface area (Å²) in [4.78, 5) is 3.91. The first-order valence-electron chi connectivity index (χ1n) is 6.08. The summed E-state index contributed by atoms with van der Waals surface area (Å²) >= 11 is 0. The third kappa shape index (κ3) is 3.88. The Kier molecular flexibility index (Phi) is 4.62. The second-order valence-corrected chi connectivity index (χ2v) is 4.22. The number of aliphatic hydroxyl groups excluding tert-OH is 1. The van der Waals surface area contributed by atoms with Crippen molar-refractivity contribution in [3.8, 4) is 6.07 Å². The molecule has 0 aliphatic heterocycles. The Morgan fingerprint density at radius 2 is 2.05 bits per heavy atom. The van der Waals surface area contributed by atoms with Gasteiger partial charge in [-0.2, -0.15) is 5.26 Å². The molecule has 0 fully saturated rings.